The lowest BCUT2D eigenvalue weighted by Crippen LogP contribution is -2.43. The van der Waals surface area contributed by atoms with E-state index in [2.05, 4.69) is 37.9 Å². The summed E-state index contributed by atoms with van der Waals surface area (Å²) in [5, 5.41) is 3.76. The van der Waals surface area contributed by atoms with E-state index in [9.17, 15) is 0 Å². The maximum Gasteiger partial charge on any atom is 0.0482 e. The van der Waals surface area contributed by atoms with Crippen LogP contribution < -0.4 is 5.32 Å². The van der Waals surface area contributed by atoms with Crippen molar-refractivity contribution in [1.82, 2.24) is 10.2 Å². The molecule has 0 aromatic heterocycles. The first-order valence-electron chi connectivity index (χ1n) is 7.53. The molecule has 1 N–H and O–H groups in total. The Balaban J connectivity index is 2.26. The van der Waals surface area contributed by atoms with Gasteiger partial charge in [-0.2, -0.15) is 0 Å². The number of nitrogens with zero attached hydrogens (tertiary/aromatic N) is 1. The van der Waals surface area contributed by atoms with E-state index in [-0.39, 0.29) is 0 Å². The predicted octanol–water partition coefficient (Wildman–Crippen LogP) is 3.48. The van der Waals surface area contributed by atoms with Gasteiger partial charge in [0.1, 0.15) is 0 Å². The van der Waals surface area contributed by atoms with Crippen LogP contribution in [0.2, 0.25) is 0 Å². The molecule has 0 radical (unpaired) electrons. The molecule has 1 aliphatic carbocycles. The van der Waals surface area contributed by atoms with Gasteiger partial charge < -0.3 is 5.32 Å². The molecule has 102 valence electrons. The molecule has 0 aromatic rings. The summed E-state index contributed by atoms with van der Waals surface area (Å²) < 4.78 is 0. The smallest absolute Gasteiger partial charge is 0.0482 e. The van der Waals surface area contributed by atoms with Crippen LogP contribution in [0, 0.1) is 11.8 Å². The number of rotatable bonds is 7. The van der Waals surface area contributed by atoms with Crippen LogP contribution in [0.4, 0.5) is 0 Å². The van der Waals surface area contributed by atoms with Crippen LogP contribution in [-0.4, -0.2) is 30.7 Å². The van der Waals surface area contributed by atoms with Gasteiger partial charge in [-0.05, 0) is 24.7 Å². The fraction of sp³-hybridized carbons (Fsp3) is 1.00. The van der Waals surface area contributed by atoms with Gasteiger partial charge in [0.25, 0.3) is 0 Å². The quantitative estimate of drug-likeness (QED) is 0.685. The Morgan fingerprint density at radius 3 is 1.94 bits per heavy atom. The van der Waals surface area contributed by atoms with Gasteiger partial charge in [0.05, 0.1) is 0 Å². The first-order valence-corrected chi connectivity index (χ1v) is 7.53. The molecule has 0 bridgehead atoms. The molecule has 2 nitrogen and oxygen atoms in total. The van der Waals surface area contributed by atoms with Crippen molar-refractivity contribution in [1.29, 1.82) is 0 Å². The summed E-state index contributed by atoms with van der Waals surface area (Å²) in [7, 11) is 0. The topological polar surface area (TPSA) is 15.3 Å². The van der Waals surface area contributed by atoms with Gasteiger partial charge in [-0.15, -0.1) is 0 Å². The molecule has 0 atom stereocenters. The van der Waals surface area contributed by atoms with Crippen molar-refractivity contribution >= 4 is 0 Å². The number of nitrogens with one attached hydrogen (secondary N) is 1. The van der Waals surface area contributed by atoms with Gasteiger partial charge in [0, 0.05) is 25.8 Å². The van der Waals surface area contributed by atoms with Crippen LogP contribution >= 0.6 is 0 Å². The summed E-state index contributed by atoms with van der Waals surface area (Å²) in [5.41, 5.74) is 0. The molecule has 0 aromatic carbocycles. The average Bonchev–Trinajstić information content (AvgIpc) is 2.26. The highest BCUT2D eigenvalue weighted by atomic mass is 15.2. The summed E-state index contributed by atoms with van der Waals surface area (Å²) in [4.78, 5) is 2.59. The molecule has 0 spiro atoms. The van der Waals surface area contributed by atoms with E-state index in [1.807, 2.05) is 0 Å². The summed E-state index contributed by atoms with van der Waals surface area (Å²) in [5.74, 6) is 1.53. The first kappa shape index (κ1) is 15.0. The number of hydrogen-bond donors (Lipinski definition) is 1. The van der Waals surface area contributed by atoms with E-state index in [1.165, 1.54) is 45.2 Å². The zero-order chi connectivity index (χ0) is 12.7. The lowest BCUT2D eigenvalue weighted by atomic mass is 9.96. The minimum atomic E-state index is 0.766. The number of hydrogen-bond acceptors (Lipinski definition) is 2. The molecular formula is C15H32N2. The standard InChI is InChI=1S/C15H32N2/c1-13(2)10-17(11-14(3)4)12-16-15-8-6-5-7-9-15/h13-16H,5-12H2,1-4H3. The Hall–Kier alpha value is -0.0800. The molecule has 0 aliphatic heterocycles. The zero-order valence-corrected chi connectivity index (χ0v) is 12.3. The molecule has 1 fully saturated rings. The molecule has 17 heavy (non-hydrogen) atoms. The first-order chi connectivity index (χ1) is 8.08. The Morgan fingerprint density at radius 2 is 1.47 bits per heavy atom. The molecule has 1 saturated carbocycles. The van der Waals surface area contributed by atoms with Crippen LogP contribution in [-0.2, 0) is 0 Å². The minimum absolute atomic E-state index is 0.766. The van der Waals surface area contributed by atoms with E-state index < -0.39 is 0 Å². The fourth-order valence-electron chi connectivity index (χ4n) is 2.80. The van der Waals surface area contributed by atoms with Gasteiger partial charge in [0.15, 0.2) is 0 Å². The van der Waals surface area contributed by atoms with E-state index >= 15 is 0 Å². The third kappa shape index (κ3) is 7.05. The highest BCUT2D eigenvalue weighted by molar-refractivity contribution is 4.72. The summed E-state index contributed by atoms with van der Waals surface area (Å²) >= 11 is 0. The van der Waals surface area contributed by atoms with Gasteiger partial charge >= 0.3 is 0 Å². The molecule has 1 rings (SSSR count). The predicted molar refractivity (Wildman–Crippen MR) is 76.1 cm³/mol. The molecule has 0 saturated heterocycles. The van der Waals surface area contributed by atoms with Gasteiger partial charge in [-0.25, -0.2) is 0 Å². The van der Waals surface area contributed by atoms with Crippen LogP contribution in [0.25, 0.3) is 0 Å². The van der Waals surface area contributed by atoms with E-state index in [0.717, 1.165) is 24.5 Å². The van der Waals surface area contributed by atoms with Gasteiger partial charge in [-0.3, -0.25) is 4.90 Å². The van der Waals surface area contributed by atoms with Crippen molar-refractivity contribution in [2.24, 2.45) is 11.8 Å². The Labute approximate surface area is 108 Å². The Morgan fingerprint density at radius 1 is 0.941 bits per heavy atom. The van der Waals surface area contributed by atoms with Crippen molar-refractivity contribution in [3.05, 3.63) is 0 Å². The van der Waals surface area contributed by atoms with Gasteiger partial charge in [0.2, 0.25) is 0 Å². The fourth-order valence-corrected chi connectivity index (χ4v) is 2.80. The van der Waals surface area contributed by atoms with Crippen molar-refractivity contribution in [3.63, 3.8) is 0 Å². The van der Waals surface area contributed by atoms with Crippen LogP contribution in [0.3, 0.4) is 0 Å². The van der Waals surface area contributed by atoms with Crippen molar-refractivity contribution < 1.29 is 0 Å². The van der Waals surface area contributed by atoms with Crippen molar-refractivity contribution in [2.45, 2.75) is 65.8 Å². The molecule has 0 heterocycles. The summed E-state index contributed by atoms with van der Waals surface area (Å²) in [6, 6.07) is 0.783. The Bertz CT molecular complexity index is 173. The Kier molecular flexibility index (Phi) is 7.14. The van der Waals surface area contributed by atoms with Crippen LogP contribution in [0.5, 0.6) is 0 Å². The normalized spacial score (nSPS) is 18.5. The molecule has 2 heteroatoms. The highest BCUT2D eigenvalue weighted by Gasteiger charge is 2.15. The third-order valence-electron chi connectivity index (χ3n) is 3.46. The highest BCUT2D eigenvalue weighted by Crippen LogP contribution is 2.17. The molecule has 1 aliphatic rings. The maximum absolute atomic E-state index is 3.76. The molecule has 0 unspecified atom stereocenters. The largest absolute Gasteiger partial charge is 0.302 e. The second-order valence-electron chi connectivity index (χ2n) is 6.52. The lowest BCUT2D eigenvalue weighted by molar-refractivity contribution is 0.186. The van der Waals surface area contributed by atoms with Crippen LogP contribution in [0.1, 0.15) is 59.8 Å². The summed E-state index contributed by atoms with van der Waals surface area (Å²) in [6.07, 6.45) is 7.06. The molecule has 0 amide bonds. The minimum Gasteiger partial charge on any atom is -0.302 e. The second kappa shape index (κ2) is 8.10. The summed E-state index contributed by atoms with van der Waals surface area (Å²) in [6.45, 7) is 12.8. The van der Waals surface area contributed by atoms with E-state index in [4.69, 9.17) is 0 Å². The zero-order valence-electron chi connectivity index (χ0n) is 12.3. The SMILES string of the molecule is CC(C)CN(CNC1CCCCC1)CC(C)C. The monoisotopic (exact) mass is 240 g/mol. The lowest BCUT2D eigenvalue weighted by Gasteiger charge is -2.30. The third-order valence-corrected chi connectivity index (χ3v) is 3.46. The maximum atomic E-state index is 3.76. The van der Waals surface area contributed by atoms with E-state index in [1.54, 1.807) is 0 Å². The van der Waals surface area contributed by atoms with Crippen molar-refractivity contribution in [2.75, 3.05) is 19.8 Å². The van der Waals surface area contributed by atoms with Gasteiger partial charge in [-0.1, -0.05) is 47.0 Å². The second-order valence-corrected chi connectivity index (χ2v) is 6.52. The molecular weight excluding hydrogens is 208 g/mol. The van der Waals surface area contributed by atoms with Crippen LogP contribution in [0.15, 0.2) is 0 Å². The average molecular weight is 240 g/mol. The van der Waals surface area contributed by atoms with E-state index in [0.29, 0.717) is 0 Å². The van der Waals surface area contributed by atoms with Crippen molar-refractivity contribution in [3.8, 4) is 0 Å².